The first-order chi connectivity index (χ1) is 17.1. The highest BCUT2D eigenvalue weighted by Gasteiger charge is 2.32. The van der Waals surface area contributed by atoms with Crippen LogP contribution in [0.4, 0.5) is 16.2 Å². The molecule has 0 bridgehead atoms. The summed E-state index contributed by atoms with van der Waals surface area (Å²) in [7, 11) is 1.41. The predicted octanol–water partition coefficient (Wildman–Crippen LogP) is 5.73. The zero-order chi connectivity index (χ0) is 24.4. The molecule has 1 N–H and O–H groups in total. The molecule has 0 radical (unpaired) electrons. The van der Waals surface area contributed by atoms with Crippen molar-refractivity contribution in [1.29, 1.82) is 0 Å². The molecule has 3 heterocycles. The second-order valence-electron chi connectivity index (χ2n) is 9.07. The maximum Gasteiger partial charge on any atom is 0.414 e. The lowest BCUT2D eigenvalue weighted by atomic mass is 9.92. The molecule has 2 aliphatic heterocycles. The van der Waals surface area contributed by atoms with Crippen LogP contribution in [0.2, 0.25) is 0 Å². The summed E-state index contributed by atoms with van der Waals surface area (Å²) in [4.78, 5) is 17.8. The number of nitrogens with one attached hydrogen (secondary N) is 1. The van der Waals surface area contributed by atoms with Crippen LogP contribution in [-0.4, -0.2) is 42.1 Å². The first-order valence-electron chi connectivity index (χ1n) is 12.0. The van der Waals surface area contributed by atoms with Crippen molar-refractivity contribution in [2.24, 2.45) is 0 Å². The highest BCUT2D eigenvalue weighted by molar-refractivity contribution is 5.92. The average molecular weight is 472 g/mol. The van der Waals surface area contributed by atoms with Gasteiger partial charge in [0.05, 0.1) is 31.6 Å². The number of benzene rings is 2. The van der Waals surface area contributed by atoms with Gasteiger partial charge in [0, 0.05) is 28.9 Å². The standard InChI is InChI=1S/C27H29N5O3/c1-18-4-9-24-25(32(18)27(33)34-3)11-10-23(26(24)35-22-7-5-20(28-2)6-8-22)19-16-30-31(17-19)21-12-14-29-15-13-21/h5-8,10-11,16-18,21,29H,4,9,12-15H2,1,3H3/t18-/m0/s1. The van der Waals surface area contributed by atoms with Gasteiger partial charge in [-0.05, 0) is 70.0 Å². The number of hydrogen-bond acceptors (Lipinski definition) is 5. The van der Waals surface area contributed by atoms with E-state index < -0.39 is 0 Å². The number of carbonyl (C=O) groups is 1. The molecule has 35 heavy (non-hydrogen) atoms. The minimum absolute atomic E-state index is 0.0225. The lowest BCUT2D eigenvalue weighted by molar-refractivity contribution is 0.175. The highest BCUT2D eigenvalue weighted by atomic mass is 16.5. The Labute approximate surface area is 205 Å². The number of carbonyl (C=O) groups excluding carboxylic acids is 1. The van der Waals surface area contributed by atoms with E-state index in [1.165, 1.54) is 7.11 Å². The number of nitrogens with zero attached hydrogens (tertiary/aromatic N) is 4. The van der Waals surface area contributed by atoms with E-state index >= 15 is 0 Å². The van der Waals surface area contributed by atoms with Crippen molar-refractivity contribution >= 4 is 17.5 Å². The number of fused-ring (bicyclic) bond motifs is 1. The molecule has 8 nitrogen and oxygen atoms in total. The third-order valence-corrected chi connectivity index (χ3v) is 6.90. The molecule has 0 saturated carbocycles. The number of rotatable bonds is 4. The van der Waals surface area contributed by atoms with Crippen LogP contribution in [0.1, 0.15) is 37.8 Å². The quantitative estimate of drug-likeness (QED) is 0.492. The first kappa shape index (κ1) is 22.9. The molecule has 1 aromatic heterocycles. The summed E-state index contributed by atoms with van der Waals surface area (Å²) in [5, 5.41) is 8.08. The lowest BCUT2D eigenvalue weighted by Crippen LogP contribution is -2.42. The van der Waals surface area contributed by atoms with Gasteiger partial charge in [-0.25, -0.2) is 9.64 Å². The van der Waals surface area contributed by atoms with Crippen LogP contribution in [0.3, 0.4) is 0 Å². The van der Waals surface area contributed by atoms with Gasteiger partial charge in [-0.1, -0.05) is 12.1 Å². The Morgan fingerprint density at radius 2 is 1.91 bits per heavy atom. The van der Waals surface area contributed by atoms with E-state index in [9.17, 15) is 4.79 Å². The van der Waals surface area contributed by atoms with E-state index in [1.807, 2.05) is 25.3 Å². The summed E-state index contributed by atoms with van der Waals surface area (Å²) in [5.41, 5.74) is 4.23. The molecule has 2 aliphatic rings. The van der Waals surface area contributed by atoms with Gasteiger partial charge in [0.1, 0.15) is 11.5 Å². The maximum absolute atomic E-state index is 12.6. The molecule has 5 rings (SSSR count). The Morgan fingerprint density at radius 1 is 1.14 bits per heavy atom. The van der Waals surface area contributed by atoms with Crippen molar-refractivity contribution in [3.63, 3.8) is 0 Å². The number of piperidine rings is 1. The van der Waals surface area contributed by atoms with Gasteiger partial charge in [-0.2, -0.15) is 5.10 Å². The van der Waals surface area contributed by atoms with Crippen LogP contribution in [0.5, 0.6) is 11.5 Å². The van der Waals surface area contributed by atoms with E-state index in [-0.39, 0.29) is 12.1 Å². The van der Waals surface area contributed by atoms with Crippen LogP contribution in [-0.2, 0) is 11.2 Å². The molecule has 0 unspecified atom stereocenters. The van der Waals surface area contributed by atoms with E-state index in [1.54, 1.807) is 29.2 Å². The van der Waals surface area contributed by atoms with Gasteiger partial charge >= 0.3 is 6.09 Å². The Bertz CT molecular complexity index is 1250. The molecular weight excluding hydrogens is 442 g/mol. The molecule has 8 heteroatoms. The highest BCUT2D eigenvalue weighted by Crippen LogP contribution is 2.45. The summed E-state index contributed by atoms with van der Waals surface area (Å²) in [6.07, 6.45) is 7.28. The molecule has 1 fully saturated rings. The molecule has 1 saturated heterocycles. The molecule has 0 aliphatic carbocycles. The summed E-state index contributed by atoms with van der Waals surface area (Å²) >= 11 is 0. The molecule has 180 valence electrons. The van der Waals surface area contributed by atoms with Gasteiger partial charge in [-0.3, -0.25) is 9.58 Å². The minimum Gasteiger partial charge on any atom is -0.456 e. The normalized spacial score (nSPS) is 18.0. The zero-order valence-electron chi connectivity index (χ0n) is 20.0. The van der Waals surface area contributed by atoms with Gasteiger partial charge in [0.25, 0.3) is 0 Å². The third kappa shape index (κ3) is 4.47. The Hall–Kier alpha value is -3.83. The predicted molar refractivity (Wildman–Crippen MR) is 134 cm³/mol. The summed E-state index contributed by atoms with van der Waals surface area (Å²) in [6.45, 7) is 11.2. The Morgan fingerprint density at radius 3 is 2.63 bits per heavy atom. The van der Waals surface area contributed by atoms with Crippen molar-refractivity contribution in [3.8, 4) is 22.6 Å². The van der Waals surface area contributed by atoms with Crippen LogP contribution in [0, 0.1) is 6.57 Å². The molecule has 0 spiro atoms. The van der Waals surface area contributed by atoms with Gasteiger partial charge in [0.2, 0.25) is 0 Å². The zero-order valence-corrected chi connectivity index (χ0v) is 20.0. The summed E-state index contributed by atoms with van der Waals surface area (Å²) in [6, 6.07) is 11.5. The van der Waals surface area contributed by atoms with Gasteiger partial charge in [0.15, 0.2) is 5.69 Å². The molecule has 1 atom stereocenters. The SMILES string of the molecule is [C-]#[N+]c1ccc(Oc2c(-c3cnn(C4CCNCC4)c3)ccc3c2CC[C@H](C)N3C(=O)OC)cc1. The lowest BCUT2D eigenvalue weighted by Gasteiger charge is -2.35. The van der Waals surface area contributed by atoms with Crippen molar-refractivity contribution in [2.75, 3.05) is 25.1 Å². The fourth-order valence-electron chi connectivity index (χ4n) is 4.98. The molecule has 3 aromatic rings. The molecule has 1 amide bonds. The average Bonchev–Trinajstić information content (AvgIpc) is 3.39. The van der Waals surface area contributed by atoms with Gasteiger partial charge < -0.3 is 14.8 Å². The smallest absolute Gasteiger partial charge is 0.414 e. The number of aromatic nitrogens is 2. The second-order valence-corrected chi connectivity index (χ2v) is 9.07. The van der Waals surface area contributed by atoms with Crippen molar-refractivity contribution in [1.82, 2.24) is 15.1 Å². The Balaban J connectivity index is 1.59. The van der Waals surface area contributed by atoms with E-state index in [0.29, 0.717) is 23.2 Å². The van der Waals surface area contributed by atoms with Crippen LogP contribution in [0.15, 0.2) is 48.8 Å². The number of amides is 1. The van der Waals surface area contributed by atoms with Crippen LogP contribution < -0.4 is 15.0 Å². The number of hydrogen-bond donors (Lipinski definition) is 1. The van der Waals surface area contributed by atoms with Gasteiger partial charge in [-0.15, -0.1) is 0 Å². The number of methoxy groups -OCH3 is 1. The Kier molecular flexibility index (Phi) is 6.43. The topological polar surface area (TPSA) is 73.0 Å². The monoisotopic (exact) mass is 471 g/mol. The number of anilines is 1. The minimum atomic E-state index is -0.378. The molecular formula is C27H29N5O3. The second kappa shape index (κ2) is 9.80. The molecule has 2 aromatic carbocycles. The fourth-order valence-corrected chi connectivity index (χ4v) is 4.98. The van der Waals surface area contributed by atoms with E-state index in [0.717, 1.165) is 61.2 Å². The summed E-state index contributed by atoms with van der Waals surface area (Å²) < 4.78 is 13.6. The fraction of sp³-hybridized carbons (Fsp3) is 0.370. The van der Waals surface area contributed by atoms with E-state index in [4.69, 9.17) is 16.0 Å². The summed E-state index contributed by atoms with van der Waals surface area (Å²) in [5.74, 6) is 1.35. The van der Waals surface area contributed by atoms with Crippen molar-refractivity contribution < 1.29 is 14.3 Å². The van der Waals surface area contributed by atoms with E-state index in [2.05, 4.69) is 26.1 Å². The maximum atomic E-state index is 12.6. The largest absolute Gasteiger partial charge is 0.456 e. The van der Waals surface area contributed by atoms with Crippen LogP contribution >= 0.6 is 0 Å². The number of ether oxygens (including phenoxy) is 2. The van der Waals surface area contributed by atoms with Crippen molar-refractivity contribution in [2.45, 2.75) is 44.7 Å². The first-order valence-corrected chi connectivity index (χ1v) is 12.0. The van der Waals surface area contributed by atoms with Crippen LogP contribution in [0.25, 0.3) is 16.0 Å². The third-order valence-electron chi connectivity index (χ3n) is 6.90. The van der Waals surface area contributed by atoms with Crippen molar-refractivity contribution in [3.05, 3.63) is 65.8 Å².